The van der Waals surface area contributed by atoms with Gasteiger partial charge in [0.2, 0.25) is 6.29 Å². The molecule has 1 aromatic heterocycles. The predicted molar refractivity (Wildman–Crippen MR) is 74.6 cm³/mol. The molecule has 1 atom stereocenters. The van der Waals surface area contributed by atoms with Crippen molar-refractivity contribution in [2.24, 2.45) is 5.16 Å². The number of rotatable bonds is 4. The van der Waals surface area contributed by atoms with Crippen molar-refractivity contribution in [2.75, 3.05) is 0 Å². The number of aliphatic hydroxyl groups excluding tert-OH is 1. The molecule has 19 heavy (non-hydrogen) atoms. The minimum atomic E-state index is -0.900. The first-order valence-electron chi connectivity index (χ1n) is 6.07. The van der Waals surface area contributed by atoms with Crippen LogP contribution in [-0.2, 0) is 4.84 Å². The largest absolute Gasteiger partial charge is 0.364 e. The van der Waals surface area contributed by atoms with Gasteiger partial charge in [-0.05, 0) is 24.6 Å². The van der Waals surface area contributed by atoms with Crippen LogP contribution in [0.15, 0.2) is 53.8 Å². The van der Waals surface area contributed by atoms with Crippen molar-refractivity contribution >= 4 is 5.71 Å². The zero-order valence-electron chi connectivity index (χ0n) is 10.9. The van der Waals surface area contributed by atoms with Gasteiger partial charge in [-0.15, -0.1) is 0 Å². The van der Waals surface area contributed by atoms with Gasteiger partial charge in [0.05, 0.1) is 11.4 Å². The average Bonchev–Trinajstić information content (AvgIpc) is 2.46. The highest BCUT2D eigenvalue weighted by atomic mass is 16.7. The SMILES string of the molecule is CC(=NOC(C)O)c1ccc(-c2ccccn2)cc1. The van der Waals surface area contributed by atoms with Crippen LogP contribution >= 0.6 is 0 Å². The van der Waals surface area contributed by atoms with Crippen LogP contribution in [-0.4, -0.2) is 22.1 Å². The summed E-state index contributed by atoms with van der Waals surface area (Å²) in [5.41, 5.74) is 3.64. The quantitative estimate of drug-likeness (QED) is 0.520. The Morgan fingerprint density at radius 3 is 2.53 bits per heavy atom. The van der Waals surface area contributed by atoms with E-state index in [0.717, 1.165) is 16.8 Å². The van der Waals surface area contributed by atoms with E-state index in [1.807, 2.05) is 49.4 Å². The fourth-order valence-corrected chi connectivity index (χ4v) is 1.62. The summed E-state index contributed by atoms with van der Waals surface area (Å²) in [5.74, 6) is 0. The molecule has 0 fully saturated rings. The second-order valence-electron chi connectivity index (χ2n) is 4.17. The summed E-state index contributed by atoms with van der Waals surface area (Å²) in [6, 6.07) is 13.7. The maximum Gasteiger partial charge on any atom is 0.221 e. The highest BCUT2D eigenvalue weighted by Gasteiger charge is 2.02. The summed E-state index contributed by atoms with van der Waals surface area (Å²) >= 11 is 0. The first-order valence-corrected chi connectivity index (χ1v) is 6.07. The van der Waals surface area contributed by atoms with Gasteiger partial charge in [-0.25, -0.2) is 0 Å². The monoisotopic (exact) mass is 256 g/mol. The Labute approximate surface area is 112 Å². The zero-order chi connectivity index (χ0) is 13.7. The number of hydrogen-bond acceptors (Lipinski definition) is 4. The molecule has 0 bridgehead atoms. The van der Waals surface area contributed by atoms with Crippen molar-refractivity contribution in [2.45, 2.75) is 20.1 Å². The average molecular weight is 256 g/mol. The Morgan fingerprint density at radius 2 is 1.95 bits per heavy atom. The lowest BCUT2D eigenvalue weighted by molar-refractivity contribution is -0.0836. The van der Waals surface area contributed by atoms with Crippen LogP contribution in [0.2, 0.25) is 0 Å². The number of aliphatic hydroxyl groups is 1. The molecule has 98 valence electrons. The first kappa shape index (κ1) is 13.2. The van der Waals surface area contributed by atoms with Gasteiger partial charge in [-0.1, -0.05) is 35.5 Å². The molecule has 0 spiro atoms. The minimum absolute atomic E-state index is 0.716. The summed E-state index contributed by atoms with van der Waals surface area (Å²) in [7, 11) is 0. The molecule has 2 aromatic rings. The fourth-order valence-electron chi connectivity index (χ4n) is 1.62. The Bertz CT molecular complexity index is 548. The number of hydrogen-bond donors (Lipinski definition) is 1. The van der Waals surface area contributed by atoms with Gasteiger partial charge in [0.1, 0.15) is 0 Å². The van der Waals surface area contributed by atoms with Crippen LogP contribution < -0.4 is 0 Å². The van der Waals surface area contributed by atoms with Crippen LogP contribution in [0.3, 0.4) is 0 Å². The van der Waals surface area contributed by atoms with Crippen molar-refractivity contribution in [3.05, 3.63) is 54.2 Å². The molecular weight excluding hydrogens is 240 g/mol. The molecule has 4 nitrogen and oxygen atoms in total. The lowest BCUT2D eigenvalue weighted by Crippen LogP contribution is -2.04. The molecule has 2 rings (SSSR count). The van der Waals surface area contributed by atoms with Crippen molar-refractivity contribution < 1.29 is 9.94 Å². The van der Waals surface area contributed by atoms with E-state index in [4.69, 9.17) is 9.94 Å². The summed E-state index contributed by atoms with van der Waals surface area (Å²) in [5, 5.41) is 12.9. The third-order valence-electron chi connectivity index (χ3n) is 2.61. The molecule has 0 radical (unpaired) electrons. The van der Waals surface area contributed by atoms with Gasteiger partial charge < -0.3 is 9.94 Å². The van der Waals surface area contributed by atoms with Crippen LogP contribution in [0.4, 0.5) is 0 Å². The van der Waals surface area contributed by atoms with Gasteiger partial charge in [0, 0.05) is 18.7 Å². The zero-order valence-corrected chi connectivity index (χ0v) is 10.9. The Balaban J connectivity index is 2.17. The van der Waals surface area contributed by atoms with E-state index in [0.29, 0.717) is 5.71 Å². The summed E-state index contributed by atoms with van der Waals surface area (Å²) in [6.07, 6.45) is 0.870. The second-order valence-corrected chi connectivity index (χ2v) is 4.17. The third kappa shape index (κ3) is 3.63. The maximum atomic E-state index is 9.00. The Hall–Kier alpha value is -2.20. The number of benzene rings is 1. The van der Waals surface area contributed by atoms with Crippen LogP contribution in [0.5, 0.6) is 0 Å². The van der Waals surface area contributed by atoms with E-state index >= 15 is 0 Å². The lowest BCUT2D eigenvalue weighted by Gasteiger charge is -2.05. The fraction of sp³-hybridized carbons (Fsp3) is 0.200. The molecular formula is C15H16N2O2. The molecule has 0 saturated carbocycles. The van der Waals surface area contributed by atoms with Crippen molar-refractivity contribution in [3.8, 4) is 11.3 Å². The standard InChI is InChI=1S/C15H16N2O2/c1-11(17-19-12(2)18)13-6-8-14(9-7-13)15-5-3-4-10-16-15/h3-10,12,18H,1-2H3. The van der Waals surface area contributed by atoms with Crippen molar-refractivity contribution in [3.63, 3.8) is 0 Å². The van der Waals surface area contributed by atoms with E-state index in [-0.39, 0.29) is 0 Å². The number of nitrogens with zero attached hydrogens (tertiary/aromatic N) is 2. The molecule has 0 aliphatic carbocycles. The van der Waals surface area contributed by atoms with Crippen LogP contribution in [0.1, 0.15) is 19.4 Å². The smallest absolute Gasteiger partial charge is 0.221 e. The maximum absolute atomic E-state index is 9.00. The molecule has 1 aromatic carbocycles. The number of oxime groups is 1. The highest BCUT2D eigenvalue weighted by molar-refractivity contribution is 5.98. The van der Waals surface area contributed by atoms with Gasteiger partial charge in [0.15, 0.2) is 0 Å². The van der Waals surface area contributed by atoms with E-state index in [2.05, 4.69) is 10.1 Å². The van der Waals surface area contributed by atoms with Crippen LogP contribution in [0, 0.1) is 0 Å². The molecule has 0 amide bonds. The first-order chi connectivity index (χ1) is 9.16. The summed E-state index contributed by atoms with van der Waals surface area (Å²) < 4.78 is 0. The van der Waals surface area contributed by atoms with Crippen LogP contribution in [0.25, 0.3) is 11.3 Å². The predicted octanol–water partition coefficient (Wildman–Crippen LogP) is 2.83. The van der Waals surface area contributed by atoms with E-state index in [1.165, 1.54) is 6.92 Å². The van der Waals surface area contributed by atoms with Gasteiger partial charge >= 0.3 is 0 Å². The summed E-state index contributed by atoms with van der Waals surface area (Å²) in [6.45, 7) is 3.35. The van der Waals surface area contributed by atoms with Gasteiger partial charge in [-0.2, -0.15) is 0 Å². The Kier molecular flexibility index (Phi) is 4.26. The topological polar surface area (TPSA) is 54.7 Å². The molecule has 1 unspecified atom stereocenters. The molecule has 1 N–H and O–H groups in total. The van der Waals surface area contributed by atoms with E-state index in [9.17, 15) is 0 Å². The van der Waals surface area contributed by atoms with Gasteiger partial charge in [0.25, 0.3) is 0 Å². The van der Waals surface area contributed by atoms with E-state index in [1.54, 1.807) is 6.20 Å². The normalized spacial score (nSPS) is 13.1. The number of pyridine rings is 1. The number of aromatic nitrogens is 1. The Morgan fingerprint density at radius 1 is 1.21 bits per heavy atom. The summed E-state index contributed by atoms with van der Waals surface area (Å²) in [4.78, 5) is 9.10. The second kappa shape index (κ2) is 6.11. The van der Waals surface area contributed by atoms with Crippen molar-refractivity contribution in [1.29, 1.82) is 0 Å². The van der Waals surface area contributed by atoms with Gasteiger partial charge in [-0.3, -0.25) is 4.98 Å². The van der Waals surface area contributed by atoms with E-state index < -0.39 is 6.29 Å². The minimum Gasteiger partial charge on any atom is -0.364 e. The molecule has 0 aliphatic heterocycles. The molecule has 4 heteroatoms. The highest BCUT2D eigenvalue weighted by Crippen LogP contribution is 2.17. The third-order valence-corrected chi connectivity index (χ3v) is 2.61. The lowest BCUT2D eigenvalue weighted by atomic mass is 10.1. The molecule has 1 heterocycles. The molecule has 0 saturated heterocycles. The van der Waals surface area contributed by atoms with Crippen molar-refractivity contribution in [1.82, 2.24) is 4.98 Å². The molecule has 0 aliphatic rings.